The topological polar surface area (TPSA) is 46.6 Å². The van der Waals surface area contributed by atoms with Gasteiger partial charge in [0.2, 0.25) is 5.91 Å². The molecular weight excluding hydrogens is 254 g/mol. The molecule has 0 spiro atoms. The third kappa shape index (κ3) is 3.18. The molecule has 4 heteroatoms. The highest BCUT2D eigenvalue weighted by molar-refractivity contribution is 5.93. The van der Waals surface area contributed by atoms with E-state index in [1.54, 1.807) is 18.7 Å². The van der Waals surface area contributed by atoms with Crippen LogP contribution in [0.25, 0.3) is 0 Å². The first-order chi connectivity index (χ1) is 9.61. The molecule has 0 saturated carbocycles. The minimum Gasteiger partial charge on any atom is -0.465 e. The van der Waals surface area contributed by atoms with Gasteiger partial charge in [-0.05, 0) is 37.1 Å². The molecule has 0 unspecified atom stereocenters. The predicted molar refractivity (Wildman–Crippen MR) is 76.3 cm³/mol. The number of hydrogen-bond donors (Lipinski definition) is 0. The molecule has 4 nitrogen and oxygen atoms in total. The summed E-state index contributed by atoms with van der Waals surface area (Å²) in [6.45, 7) is 4.44. The molecule has 0 radical (unpaired) electrons. The summed E-state index contributed by atoms with van der Waals surface area (Å²) in [5.41, 5.74) is 2.95. The maximum atomic E-state index is 11.4. The van der Waals surface area contributed by atoms with Crippen LogP contribution in [0, 0.1) is 11.8 Å². The zero-order valence-corrected chi connectivity index (χ0v) is 11.7. The van der Waals surface area contributed by atoms with Crippen molar-refractivity contribution < 1.29 is 14.3 Å². The number of hydrogen-bond acceptors (Lipinski definition) is 3. The summed E-state index contributed by atoms with van der Waals surface area (Å²) in [7, 11) is 0. The summed E-state index contributed by atoms with van der Waals surface area (Å²) < 4.78 is 4.81. The third-order valence-corrected chi connectivity index (χ3v) is 3.13. The highest BCUT2D eigenvalue weighted by atomic mass is 16.5. The number of nitrogens with zero attached hydrogens (tertiary/aromatic N) is 1. The molecule has 0 saturated heterocycles. The SMILES string of the molecule is CCOC(=O)CC#Cc1ccc2c(c1)CCN2C(C)=O. The van der Waals surface area contributed by atoms with Gasteiger partial charge in [-0.3, -0.25) is 9.59 Å². The molecule has 1 aromatic carbocycles. The van der Waals surface area contributed by atoms with E-state index < -0.39 is 0 Å². The summed E-state index contributed by atoms with van der Waals surface area (Å²) in [6.07, 6.45) is 0.951. The lowest BCUT2D eigenvalue weighted by Crippen LogP contribution is -2.25. The van der Waals surface area contributed by atoms with E-state index in [0.717, 1.165) is 29.8 Å². The second kappa shape index (κ2) is 6.25. The van der Waals surface area contributed by atoms with Crippen LogP contribution >= 0.6 is 0 Å². The molecule has 1 aromatic rings. The molecule has 1 aliphatic heterocycles. The standard InChI is InChI=1S/C16H17NO3/c1-3-20-16(19)6-4-5-13-7-8-15-14(11-13)9-10-17(15)12(2)18/h7-8,11H,3,6,9-10H2,1-2H3. The van der Waals surface area contributed by atoms with Crippen LogP contribution in [0.3, 0.4) is 0 Å². The molecule has 0 bridgehead atoms. The quantitative estimate of drug-likeness (QED) is 0.609. The Balaban J connectivity index is 2.08. The normalized spacial score (nSPS) is 12.4. The number of amides is 1. The molecule has 20 heavy (non-hydrogen) atoms. The molecule has 0 N–H and O–H groups in total. The smallest absolute Gasteiger partial charge is 0.317 e. The van der Waals surface area contributed by atoms with Gasteiger partial charge in [0.05, 0.1) is 6.61 Å². The molecule has 0 aliphatic carbocycles. The van der Waals surface area contributed by atoms with Gasteiger partial charge in [-0.1, -0.05) is 11.8 Å². The molecular formula is C16H17NO3. The van der Waals surface area contributed by atoms with E-state index in [0.29, 0.717) is 6.61 Å². The number of esters is 1. The highest BCUT2D eigenvalue weighted by Gasteiger charge is 2.21. The summed E-state index contributed by atoms with van der Waals surface area (Å²) in [6, 6.07) is 5.77. The highest BCUT2D eigenvalue weighted by Crippen LogP contribution is 2.28. The average molecular weight is 271 g/mol. The minimum atomic E-state index is -0.302. The first kappa shape index (κ1) is 14.1. The van der Waals surface area contributed by atoms with Crippen LogP contribution in [-0.2, 0) is 20.7 Å². The van der Waals surface area contributed by atoms with Gasteiger partial charge in [0.25, 0.3) is 0 Å². The fourth-order valence-corrected chi connectivity index (χ4v) is 2.24. The number of ether oxygens (including phenoxy) is 1. The van der Waals surface area contributed by atoms with Crippen molar-refractivity contribution in [1.29, 1.82) is 0 Å². The monoisotopic (exact) mass is 271 g/mol. The average Bonchev–Trinajstić information content (AvgIpc) is 2.82. The first-order valence-electron chi connectivity index (χ1n) is 6.67. The van der Waals surface area contributed by atoms with Gasteiger partial charge >= 0.3 is 5.97 Å². The van der Waals surface area contributed by atoms with E-state index in [1.165, 1.54) is 0 Å². The van der Waals surface area contributed by atoms with Crippen molar-refractivity contribution in [2.24, 2.45) is 0 Å². The Labute approximate surface area is 118 Å². The summed E-state index contributed by atoms with van der Waals surface area (Å²) in [5, 5.41) is 0. The van der Waals surface area contributed by atoms with Crippen LogP contribution in [-0.4, -0.2) is 25.0 Å². The van der Waals surface area contributed by atoms with E-state index in [-0.39, 0.29) is 18.3 Å². The Morgan fingerprint density at radius 2 is 2.20 bits per heavy atom. The first-order valence-corrected chi connectivity index (χ1v) is 6.67. The van der Waals surface area contributed by atoms with Gasteiger partial charge in [0, 0.05) is 24.7 Å². The van der Waals surface area contributed by atoms with Gasteiger partial charge in [-0.15, -0.1) is 0 Å². The molecule has 1 aliphatic rings. The van der Waals surface area contributed by atoms with Crippen LogP contribution in [0.2, 0.25) is 0 Å². The molecule has 0 aromatic heterocycles. The molecule has 0 atom stereocenters. The molecule has 1 amide bonds. The third-order valence-electron chi connectivity index (χ3n) is 3.13. The fourth-order valence-electron chi connectivity index (χ4n) is 2.24. The lowest BCUT2D eigenvalue weighted by Gasteiger charge is -2.14. The Morgan fingerprint density at radius 3 is 2.90 bits per heavy atom. The number of benzene rings is 1. The molecule has 104 valence electrons. The van der Waals surface area contributed by atoms with Gasteiger partial charge < -0.3 is 9.64 Å². The van der Waals surface area contributed by atoms with E-state index >= 15 is 0 Å². The second-order valence-corrected chi connectivity index (χ2v) is 4.55. The summed E-state index contributed by atoms with van der Waals surface area (Å²) in [5.74, 6) is 5.52. The Bertz CT molecular complexity index is 595. The maximum Gasteiger partial charge on any atom is 0.317 e. The van der Waals surface area contributed by atoms with Crippen LogP contribution < -0.4 is 4.90 Å². The zero-order valence-electron chi connectivity index (χ0n) is 11.7. The van der Waals surface area contributed by atoms with Crippen LogP contribution in [0.4, 0.5) is 5.69 Å². The predicted octanol–water partition coefficient (Wildman–Crippen LogP) is 1.90. The number of carbonyl (C=O) groups excluding carboxylic acids is 2. The number of rotatable bonds is 2. The lowest BCUT2D eigenvalue weighted by molar-refractivity contribution is -0.141. The van der Waals surface area contributed by atoms with Crippen molar-refractivity contribution in [3.05, 3.63) is 29.3 Å². The molecule has 2 rings (SSSR count). The van der Waals surface area contributed by atoms with E-state index in [2.05, 4.69) is 11.8 Å². The molecule has 1 heterocycles. The Morgan fingerprint density at radius 1 is 1.40 bits per heavy atom. The van der Waals surface area contributed by atoms with Crippen molar-refractivity contribution in [3.63, 3.8) is 0 Å². The van der Waals surface area contributed by atoms with Crippen molar-refractivity contribution in [2.75, 3.05) is 18.1 Å². The van der Waals surface area contributed by atoms with Gasteiger partial charge in [0.15, 0.2) is 0 Å². The Hall–Kier alpha value is -2.28. The van der Waals surface area contributed by atoms with E-state index in [4.69, 9.17) is 4.74 Å². The van der Waals surface area contributed by atoms with Crippen molar-refractivity contribution in [1.82, 2.24) is 0 Å². The molecule has 0 fully saturated rings. The largest absolute Gasteiger partial charge is 0.465 e. The van der Waals surface area contributed by atoms with Crippen molar-refractivity contribution in [3.8, 4) is 11.8 Å². The number of anilines is 1. The zero-order chi connectivity index (χ0) is 14.5. The van der Waals surface area contributed by atoms with E-state index in [1.807, 2.05) is 18.2 Å². The summed E-state index contributed by atoms with van der Waals surface area (Å²) >= 11 is 0. The van der Waals surface area contributed by atoms with Crippen LogP contribution in [0.15, 0.2) is 18.2 Å². The Kier molecular flexibility index (Phi) is 4.41. The van der Waals surface area contributed by atoms with E-state index in [9.17, 15) is 9.59 Å². The van der Waals surface area contributed by atoms with Crippen molar-refractivity contribution >= 4 is 17.6 Å². The lowest BCUT2D eigenvalue weighted by atomic mass is 10.1. The second-order valence-electron chi connectivity index (χ2n) is 4.55. The summed E-state index contributed by atoms with van der Waals surface area (Å²) in [4.78, 5) is 24.4. The van der Waals surface area contributed by atoms with Gasteiger partial charge in [-0.25, -0.2) is 0 Å². The maximum absolute atomic E-state index is 11.4. The van der Waals surface area contributed by atoms with Crippen molar-refractivity contribution in [2.45, 2.75) is 26.7 Å². The van der Waals surface area contributed by atoms with Gasteiger partial charge in [0.1, 0.15) is 6.42 Å². The number of carbonyl (C=O) groups is 2. The minimum absolute atomic E-state index is 0.0601. The number of fused-ring (bicyclic) bond motifs is 1. The fraction of sp³-hybridized carbons (Fsp3) is 0.375. The van der Waals surface area contributed by atoms with Gasteiger partial charge in [-0.2, -0.15) is 0 Å². The van der Waals surface area contributed by atoms with Crippen LogP contribution in [0.5, 0.6) is 0 Å². The van der Waals surface area contributed by atoms with Crippen LogP contribution in [0.1, 0.15) is 31.4 Å².